The maximum absolute atomic E-state index is 6.35. The molecule has 0 fully saturated rings. The second-order valence-electron chi connectivity index (χ2n) is 28.8. The van der Waals surface area contributed by atoms with Crippen LogP contribution in [0.15, 0.2) is 370 Å². The molecule has 5 heterocycles. The third-order valence-electron chi connectivity index (χ3n) is 21.0. The van der Waals surface area contributed by atoms with Gasteiger partial charge in [0.1, 0.15) is 0 Å². The van der Waals surface area contributed by atoms with Gasteiger partial charge in [-0.3, -0.25) is 4.98 Å². The third kappa shape index (κ3) is 16.7. The minimum atomic E-state index is -0.0834. The Morgan fingerprint density at radius 3 is 1.06 bits per heavy atom. The highest BCUT2D eigenvalue weighted by atomic mass is 35.5. The Labute approximate surface area is 706 Å². The summed E-state index contributed by atoms with van der Waals surface area (Å²) in [7, 11) is 0. The summed E-state index contributed by atoms with van der Waals surface area (Å²) in [5.74, 6) is 4.53. The maximum Gasteiger partial charge on any atom is 0.226 e. The predicted octanol–water partition coefficient (Wildman–Crippen LogP) is 26.8. The summed E-state index contributed by atoms with van der Waals surface area (Å²) in [6.07, 6.45) is 3.70. The quantitative estimate of drug-likeness (QED) is 0.112. The maximum atomic E-state index is 6.35. The van der Waals surface area contributed by atoms with Gasteiger partial charge in [-0.25, -0.2) is 19.9 Å². The van der Waals surface area contributed by atoms with E-state index in [9.17, 15) is 0 Å². The zero-order valence-electron chi connectivity index (χ0n) is 64.0. The molecule has 0 N–H and O–H groups in total. The molecule has 0 saturated carbocycles. The summed E-state index contributed by atoms with van der Waals surface area (Å²) in [4.78, 5) is 57.9. The lowest BCUT2D eigenvalue weighted by molar-refractivity contribution is 0.660. The highest BCUT2D eigenvalue weighted by molar-refractivity contribution is 6.29. The van der Waals surface area contributed by atoms with E-state index in [2.05, 4.69) is 268 Å². The normalized spacial score (nSPS) is 11.7. The number of hydrogen-bond donors (Lipinski definition) is 0. The van der Waals surface area contributed by atoms with Crippen molar-refractivity contribution >= 4 is 89.5 Å². The van der Waals surface area contributed by atoms with E-state index in [0.717, 1.165) is 88.3 Å². The van der Waals surface area contributed by atoms with E-state index in [-0.39, 0.29) is 26.5 Å². The van der Waals surface area contributed by atoms with E-state index in [0.29, 0.717) is 46.6 Å². The number of rotatable bonds is 11. The van der Waals surface area contributed by atoms with Gasteiger partial charge in [0.05, 0.1) is 0 Å². The lowest BCUT2D eigenvalue weighted by Gasteiger charge is -2.21. The molecule has 0 spiro atoms. The molecule has 21 rings (SSSR count). The van der Waals surface area contributed by atoms with Crippen molar-refractivity contribution in [1.82, 2.24) is 64.8 Å². The number of nitrogens with zero attached hydrogens (tertiary/aromatic N) is 13. The Hall–Kier alpha value is -14.3. The standard InChI is InChI=1S/C28H20ClN3.C27H18ClN3.C24H15ClN4.C23H14ClN3/c1-28(2)23-10-6-5-9-21(23)22-14-13-20(16-24(22)28)26-30-25(31-27(29)32-26)19-12-11-17-7-3-4-8-18(17)15-19;28-27-30-25(23-15-11-21(12-16-23)19-7-3-1-4-8-19)29-26(31-27)24-17-13-22(14-18-24)20-9-5-2-6-10-20;25-24-28-22(17-6-2-1-3-7-17)27-23(29-24)19-10-4-9-18(14-19)20-11-5-8-16-12-13-26-15-21(16)20;24-23-26-21(16-7-2-1-3-8-16)25-22(27-23)18-12-13-20-17(14-18)11-10-15-6-4-5-9-19(15)20/h3-16H,1-2H3;1-18H;1-15H;1-14H. The van der Waals surface area contributed by atoms with E-state index in [1.54, 1.807) is 6.20 Å². The van der Waals surface area contributed by atoms with Crippen molar-refractivity contribution in [2.75, 3.05) is 0 Å². The fraction of sp³-hybridized carbons (Fsp3) is 0.0294. The Morgan fingerprint density at radius 2 is 0.513 bits per heavy atom. The van der Waals surface area contributed by atoms with Crippen LogP contribution >= 0.6 is 46.4 Å². The fourth-order valence-electron chi connectivity index (χ4n) is 15.0. The molecule has 0 atom stereocenters. The molecule has 0 aliphatic heterocycles. The third-order valence-corrected chi connectivity index (χ3v) is 21.6. The minimum absolute atomic E-state index is 0.0834. The van der Waals surface area contributed by atoms with Crippen LogP contribution in [0.4, 0.5) is 0 Å². The van der Waals surface area contributed by atoms with Crippen LogP contribution in [0.5, 0.6) is 0 Å². The molecule has 0 bridgehead atoms. The zero-order chi connectivity index (χ0) is 80.8. The van der Waals surface area contributed by atoms with Gasteiger partial charge in [-0.2, -0.15) is 39.9 Å². The minimum Gasteiger partial charge on any atom is -0.264 e. The summed E-state index contributed by atoms with van der Waals surface area (Å²) >= 11 is 25.0. The summed E-state index contributed by atoms with van der Waals surface area (Å²) < 4.78 is 0. The van der Waals surface area contributed by atoms with Gasteiger partial charge in [0.2, 0.25) is 21.1 Å². The first-order valence-corrected chi connectivity index (χ1v) is 40.0. The Bertz CT molecular complexity index is 7030. The van der Waals surface area contributed by atoms with Gasteiger partial charge < -0.3 is 0 Å². The molecule has 568 valence electrons. The average molecular weight is 1620 g/mol. The number of pyridine rings is 1. The number of aromatic nitrogens is 13. The molecule has 5 aromatic heterocycles. The second-order valence-corrected chi connectivity index (χ2v) is 30.2. The molecule has 0 radical (unpaired) electrons. The lowest BCUT2D eigenvalue weighted by Crippen LogP contribution is -2.15. The van der Waals surface area contributed by atoms with Crippen molar-refractivity contribution in [2.45, 2.75) is 19.3 Å². The molecule has 1 aliphatic carbocycles. The van der Waals surface area contributed by atoms with Gasteiger partial charge in [-0.15, -0.1) is 0 Å². The van der Waals surface area contributed by atoms with Crippen LogP contribution in [0.2, 0.25) is 21.1 Å². The highest BCUT2D eigenvalue weighted by Gasteiger charge is 2.35. The van der Waals surface area contributed by atoms with Crippen LogP contribution in [0, 0.1) is 0 Å². The summed E-state index contributed by atoms with van der Waals surface area (Å²) in [6, 6.07) is 121. The van der Waals surface area contributed by atoms with E-state index < -0.39 is 0 Å². The molecule has 15 aromatic carbocycles. The molecule has 1 aliphatic rings. The van der Waals surface area contributed by atoms with Gasteiger partial charge >= 0.3 is 0 Å². The van der Waals surface area contributed by atoms with E-state index in [4.69, 9.17) is 51.4 Å². The number of benzene rings is 15. The Morgan fingerprint density at radius 1 is 0.193 bits per heavy atom. The molecular weight excluding hydrogens is 1550 g/mol. The second kappa shape index (κ2) is 33.9. The first-order valence-electron chi connectivity index (χ1n) is 38.5. The molecule has 0 saturated heterocycles. The van der Waals surface area contributed by atoms with E-state index in [1.807, 2.05) is 170 Å². The van der Waals surface area contributed by atoms with Crippen LogP contribution in [0.25, 0.3) is 179 Å². The van der Waals surface area contributed by atoms with Crippen molar-refractivity contribution in [2.24, 2.45) is 0 Å². The Kier molecular flexibility index (Phi) is 21.6. The Balaban J connectivity index is 0.000000109. The van der Waals surface area contributed by atoms with Crippen molar-refractivity contribution < 1.29 is 0 Å². The van der Waals surface area contributed by atoms with E-state index >= 15 is 0 Å². The van der Waals surface area contributed by atoms with Gasteiger partial charge in [0.15, 0.2) is 46.6 Å². The largest absolute Gasteiger partial charge is 0.264 e. The van der Waals surface area contributed by atoms with Crippen molar-refractivity contribution in [3.63, 3.8) is 0 Å². The molecule has 13 nitrogen and oxygen atoms in total. The molecule has 0 amide bonds. The van der Waals surface area contributed by atoms with Crippen LogP contribution in [0.3, 0.4) is 0 Å². The summed E-state index contributed by atoms with van der Waals surface area (Å²) in [6.45, 7) is 4.53. The van der Waals surface area contributed by atoms with Crippen LogP contribution < -0.4 is 0 Å². The van der Waals surface area contributed by atoms with Gasteiger partial charge in [-0.05, 0) is 170 Å². The molecule has 0 unspecified atom stereocenters. The summed E-state index contributed by atoms with van der Waals surface area (Å²) in [5, 5.41) is 10.1. The van der Waals surface area contributed by atoms with Crippen molar-refractivity contribution in [3.8, 4) is 136 Å². The molecule has 119 heavy (non-hydrogen) atoms. The van der Waals surface area contributed by atoms with Gasteiger partial charge in [-0.1, -0.05) is 341 Å². The highest BCUT2D eigenvalue weighted by Crippen LogP contribution is 2.50. The molecular formula is C102H67Cl4N13. The SMILES string of the molecule is CC1(C)c2ccccc2-c2ccc(-c3nc(Cl)nc(-c4ccc5ccccc5c4)n3)cc21.Clc1nc(-c2ccc(-c3ccccc3)cc2)nc(-c2ccc(-c3ccccc3)cc2)n1.Clc1nc(-c2ccccc2)nc(-c2ccc3c(ccc4ccccc43)c2)n1.Clc1nc(-c2ccccc2)nc(-c2cccc(-c3cccc4ccncc34)c2)n1. The molecule has 17 heteroatoms. The topological polar surface area (TPSA) is 168 Å². The monoisotopic (exact) mass is 1610 g/mol. The van der Waals surface area contributed by atoms with Crippen LogP contribution in [-0.2, 0) is 5.41 Å². The zero-order valence-corrected chi connectivity index (χ0v) is 67.1. The van der Waals surface area contributed by atoms with E-state index in [1.165, 1.54) is 54.9 Å². The van der Waals surface area contributed by atoms with Crippen molar-refractivity contribution in [1.29, 1.82) is 0 Å². The number of fused-ring (bicyclic) bond motifs is 8. The van der Waals surface area contributed by atoms with Crippen LogP contribution in [0.1, 0.15) is 25.0 Å². The first-order chi connectivity index (χ1) is 58.3. The molecule has 20 aromatic rings. The van der Waals surface area contributed by atoms with Gasteiger partial charge in [0.25, 0.3) is 0 Å². The van der Waals surface area contributed by atoms with Gasteiger partial charge in [0, 0.05) is 67.7 Å². The smallest absolute Gasteiger partial charge is 0.226 e. The average Bonchev–Trinajstić information content (AvgIpc) is 0.902. The summed E-state index contributed by atoms with van der Waals surface area (Å²) in [5.41, 5.74) is 19.2. The van der Waals surface area contributed by atoms with Crippen LogP contribution in [-0.4, -0.2) is 64.8 Å². The number of hydrogen-bond acceptors (Lipinski definition) is 13. The first kappa shape index (κ1) is 76.0. The fourth-order valence-corrected chi connectivity index (χ4v) is 15.6. The van der Waals surface area contributed by atoms with Crippen molar-refractivity contribution in [3.05, 3.63) is 403 Å². The predicted molar refractivity (Wildman–Crippen MR) is 485 cm³/mol. The number of halogens is 4. The lowest BCUT2D eigenvalue weighted by atomic mass is 9.82.